The molecular formula is C24H38N2. The summed E-state index contributed by atoms with van der Waals surface area (Å²) in [4.78, 5) is 2.72. The second-order valence-electron chi connectivity index (χ2n) is 11.1. The lowest BCUT2D eigenvalue weighted by Crippen LogP contribution is -2.53. The van der Waals surface area contributed by atoms with E-state index in [-0.39, 0.29) is 0 Å². The van der Waals surface area contributed by atoms with Crippen LogP contribution in [0.3, 0.4) is 0 Å². The molecule has 1 aromatic carbocycles. The highest BCUT2D eigenvalue weighted by atomic mass is 15.1. The Morgan fingerprint density at radius 1 is 0.962 bits per heavy atom. The van der Waals surface area contributed by atoms with Gasteiger partial charge in [-0.25, -0.2) is 0 Å². The predicted octanol–water partition coefficient (Wildman–Crippen LogP) is 4.97. The molecule has 3 unspecified atom stereocenters. The molecule has 26 heavy (non-hydrogen) atoms. The minimum atomic E-state index is 0.382. The normalized spacial score (nSPS) is 38.2. The molecule has 2 N–H and O–H groups in total. The maximum Gasteiger partial charge on any atom is 0.00631 e. The van der Waals surface area contributed by atoms with Crippen molar-refractivity contribution in [3.63, 3.8) is 0 Å². The highest BCUT2D eigenvalue weighted by molar-refractivity contribution is 5.29. The zero-order valence-electron chi connectivity index (χ0n) is 17.1. The molecule has 0 aromatic heterocycles. The van der Waals surface area contributed by atoms with E-state index in [9.17, 15) is 0 Å². The van der Waals surface area contributed by atoms with Gasteiger partial charge in [0.05, 0.1) is 0 Å². The fraction of sp³-hybridized carbons (Fsp3) is 0.750. The van der Waals surface area contributed by atoms with Gasteiger partial charge in [-0.1, -0.05) is 51.1 Å². The van der Waals surface area contributed by atoms with Crippen molar-refractivity contribution in [2.75, 3.05) is 19.6 Å². The van der Waals surface area contributed by atoms with Gasteiger partial charge in [0, 0.05) is 12.6 Å². The number of hydrogen-bond acceptors (Lipinski definition) is 2. The standard InChI is InChI=1S/C24H38N2/c1-22(2)13-19-14-23(3,18-26-11-9-21(25)10-12-26)17-24(15-19,16-22)20-7-5-4-6-8-20/h4-8,19,21H,9-18,25H2,1-3H3. The van der Waals surface area contributed by atoms with Gasteiger partial charge in [0.15, 0.2) is 0 Å². The van der Waals surface area contributed by atoms with Gasteiger partial charge in [-0.15, -0.1) is 0 Å². The van der Waals surface area contributed by atoms with Crippen molar-refractivity contribution >= 4 is 0 Å². The highest BCUT2D eigenvalue weighted by Gasteiger charge is 2.53. The topological polar surface area (TPSA) is 29.3 Å². The minimum absolute atomic E-state index is 0.382. The van der Waals surface area contributed by atoms with Crippen LogP contribution in [0.5, 0.6) is 0 Å². The average molecular weight is 355 g/mol. The Morgan fingerprint density at radius 3 is 2.35 bits per heavy atom. The first-order valence-corrected chi connectivity index (χ1v) is 10.8. The first kappa shape index (κ1) is 18.5. The van der Waals surface area contributed by atoms with E-state index in [1.165, 1.54) is 64.6 Å². The van der Waals surface area contributed by atoms with Crippen LogP contribution >= 0.6 is 0 Å². The fourth-order valence-corrected chi connectivity index (χ4v) is 7.22. The summed E-state index contributed by atoms with van der Waals surface area (Å²) in [5.41, 5.74) is 9.03. The van der Waals surface area contributed by atoms with Gasteiger partial charge in [0.2, 0.25) is 0 Å². The number of nitrogens with two attached hydrogens (primary N) is 1. The van der Waals surface area contributed by atoms with Crippen LogP contribution < -0.4 is 5.73 Å². The van der Waals surface area contributed by atoms with Crippen LogP contribution in [0.25, 0.3) is 0 Å². The van der Waals surface area contributed by atoms with Gasteiger partial charge in [0.25, 0.3) is 0 Å². The average Bonchev–Trinajstić information content (AvgIpc) is 2.55. The number of likely N-dealkylation sites (tertiary alicyclic amines) is 1. The Bertz CT molecular complexity index is 616. The summed E-state index contributed by atoms with van der Waals surface area (Å²) >= 11 is 0. The van der Waals surface area contributed by atoms with Crippen molar-refractivity contribution in [1.82, 2.24) is 4.90 Å². The van der Waals surface area contributed by atoms with E-state index in [1.807, 2.05) is 0 Å². The molecule has 1 heterocycles. The summed E-state index contributed by atoms with van der Waals surface area (Å²) < 4.78 is 0. The predicted molar refractivity (Wildman–Crippen MR) is 110 cm³/mol. The summed E-state index contributed by atoms with van der Waals surface area (Å²) in [6.45, 7) is 11.3. The van der Waals surface area contributed by atoms with Gasteiger partial charge in [-0.2, -0.15) is 0 Å². The third-order valence-electron chi connectivity index (χ3n) is 7.51. The van der Waals surface area contributed by atoms with Crippen LogP contribution in [0.2, 0.25) is 0 Å². The number of hydrogen-bond donors (Lipinski definition) is 1. The highest BCUT2D eigenvalue weighted by Crippen LogP contribution is 2.61. The molecule has 2 heteroatoms. The molecule has 2 saturated carbocycles. The quantitative estimate of drug-likeness (QED) is 0.830. The Labute approximate surface area is 160 Å². The third-order valence-corrected chi connectivity index (χ3v) is 7.51. The minimum Gasteiger partial charge on any atom is -0.328 e. The molecule has 0 spiro atoms. The van der Waals surface area contributed by atoms with Gasteiger partial charge in [0.1, 0.15) is 0 Å². The molecule has 1 saturated heterocycles. The van der Waals surface area contributed by atoms with Crippen LogP contribution in [0.15, 0.2) is 30.3 Å². The molecule has 3 fully saturated rings. The molecule has 2 bridgehead atoms. The monoisotopic (exact) mass is 354 g/mol. The van der Waals surface area contributed by atoms with Gasteiger partial charge >= 0.3 is 0 Å². The van der Waals surface area contributed by atoms with Gasteiger partial charge in [-0.3, -0.25) is 0 Å². The zero-order chi connectivity index (χ0) is 18.4. The first-order valence-electron chi connectivity index (χ1n) is 10.8. The summed E-state index contributed by atoms with van der Waals surface area (Å²) in [5, 5.41) is 0. The number of benzene rings is 1. The smallest absolute Gasteiger partial charge is 0.00631 e. The van der Waals surface area contributed by atoms with E-state index < -0.39 is 0 Å². The van der Waals surface area contributed by atoms with Crippen molar-refractivity contribution in [1.29, 1.82) is 0 Å². The molecule has 1 aromatic rings. The van der Waals surface area contributed by atoms with Crippen molar-refractivity contribution in [3.8, 4) is 0 Å². The second kappa shape index (κ2) is 6.63. The van der Waals surface area contributed by atoms with E-state index in [4.69, 9.17) is 5.73 Å². The summed E-state index contributed by atoms with van der Waals surface area (Å²) in [5.74, 6) is 0.879. The number of piperidine rings is 1. The Hall–Kier alpha value is -0.860. The fourth-order valence-electron chi connectivity index (χ4n) is 7.22. The van der Waals surface area contributed by atoms with Crippen molar-refractivity contribution in [3.05, 3.63) is 35.9 Å². The van der Waals surface area contributed by atoms with E-state index in [0.717, 1.165) is 5.92 Å². The Balaban J connectivity index is 1.59. The molecular weight excluding hydrogens is 316 g/mol. The van der Waals surface area contributed by atoms with Crippen LogP contribution in [0, 0.1) is 16.7 Å². The molecule has 3 aliphatic rings. The third kappa shape index (κ3) is 3.73. The molecule has 2 nitrogen and oxygen atoms in total. The van der Waals surface area contributed by atoms with Crippen LogP contribution in [-0.4, -0.2) is 30.6 Å². The molecule has 0 radical (unpaired) electrons. The summed E-state index contributed by atoms with van der Waals surface area (Å²) in [7, 11) is 0. The Morgan fingerprint density at radius 2 is 1.65 bits per heavy atom. The lowest BCUT2D eigenvalue weighted by molar-refractivity contribution is -0.0297. The lowest BCUT2D eigenvalue weighted by atomic mass is 9.47. The van der Waals surface area contributed by atoms with E-state index >= 15 is 0 Å². The number of nitrogens with zero attached hydrogens (tertiary/aromatic N) is 1. The van der Waals surface area contributed by atoms with Crippen molar-refractivity contribution in [2.24, 2.45) is 22.5 Å². The van der Waals surface area contributed by atoms with Crippen LogP contribution in [0.4, 0.5) is 0 Å². The van der Waals surface area contributed by atoms with Crippen LogP contribution in [0.1, 0.15) is 71.3 Å². The van der Waals surface area contributed by atoms with Crippen LogP contribution in [-0.2, 0) is 5.41 Å². The second-order valence-corrected chi connectivity index (χ2v) is 11.1. The maximum atomic E-state index is 6.14. The zero-order valence-corrected chi connectivity index (χ0v) is 17.1. The van der Waals surface area contributed by atoms with Crippen molar-refractivity contribution in [2.45, 2.75) is 77.2 Å². The van der Waals surface area contributed by atoms with E-state index in [2.05, 4.69) is 56.0 Å². The Kier molecular flexibility index (Phi) is 4.72. The largest absolute Gasteiger partial charge is 0.328 e. The summed E-state index contributed by atoms with van der Waals surface area (Å²) in [6, 6.07) is 11.9. The molecule has 2 aliphatic carbocycles. The van der Waals surface area contributed by atoms with Crippen molar-refractivity contribution < 1.29 is 0 Å². The van der Waals surface area contributed by atoms with E-state index in [1.54, 1.807) is 5.56 Å². The number of fused-ring (bicyclic) bond motifs is 2. The van der Waals surface area contributed by atoms with E-state index in [0.29, 0.717) is 22.3 Å². The van der Waals surface area contributed by atoms with Gasteiger partial charge < -0.3 is 10.6 Å². The lowest BCUT2D eigenvalue weighted by Gasteiger charge is -2.58. The van der Waals surface area contributed by atoms with Gasteiger partial charge in [-0.05, 0) is 85.8 Å². The molecule has 1 aliphatic heterocycles. The summed E-state index contributed by atoms with van der Waals surface area (Å²) in [6.07, 6.45) is 9.27. The SMILES string of the molecule is CC1(C)CC2CC(C)(CN3CCC(N)CC3)CC(c3ccccc3)(C2)C1. The maximum absolute atomic E-state index is 6.14. The molecule has 144 valence electrons. The number of rotatable bonds is 3. The molecule has 3 atom stereocenters. The molecule has 4 rings (SSSR count). The first-order chi connectivity index (χ1) is 12.3. The molecule has 0 amide bonds.